The molecular weight excluding hydrogens is 246 g/mol. The molecule has 1 N–H and O–H groups in total. The van der Waals surface area contributed by atoms with Gasteiger partial charge in [0.05, 0.1) is 12.7 Å². The van der Waals surface area contributed by atoms with Crippen molar-refractivity contribution in [2.75, 3.05) is 13.7 Å². The third-order valence-electron chi connectivity index (χ3n) is 2.79. The van der Waals surface area contributed by atoms with Crippen LogP contribution in [0.5, 0.6) is 0 Å². The van der Waals surface area contributed by atoms with Gasteiger partial charge in [0.15, 0.2) is 6.61 Å². The Kier molecular flexibility index (Phi) is 3.85. The van der Waals surface area contributed by atoms with E-state index in [1.54, 1.807) is 6.26 Å². The highest BCUT2D eigenvalue weighted by Crippen LogP contribution is 2.22. The molecule has 0 saturated heterocycles. The zero-order valence-electron chi connectivity index (χ0n) is 10.9. The summed E-state index contributed by atoms with van der Waals surface area (Å²) in [5.74, 6) is -0.784. The number of hydrogen-bond acceptors (Lipinski definition) is 4. The highest BCUT2D eigenvalue weighted by atomic mass is 16.5. The lowest BCUT2D eigenvalue weighted by molar-refractivity contribution is -0.147. The molecule has 0 spiro atoms. The molecular formula is C14H15NO4. The molecule has 0 aliphatic carbocycles. The minimum atomic E-state index is -0.452. The normalized spacial score (nSPS) is 10.4. The number of rotatable bonds is 4. The molecule has 1 aromatic carbocycles. The van der Waals surface area contributed by atoms with Crippen LogP contribution < -0.4 is 5.32 Å². The summed E-state index contributed by atoms with van der Waals surface area (Å²) < 4.78 is 10.2. The second-order valence-corrected chi connectivity index (χ2v) is 4.27. The maximum atomic E-state index is 11.6. The number of likely N-dealkylation sites (N-methyl/N-ethyl adjacent to an activating group) is 1. The molecule has 19 heavy (non-hydrogen) atoms. The summed E-state index contributed by atoms with van der Waals surface area (Å²) in [7, 11) is 1.49. The molecule has 5 heteroatoms. The Morgan fingerprint density at radius 3 is 2.89 bits per heavy atom. The van der Waals surface area contributed by atoms with Crippen molar-refractivity contribution in [1.29, 1.82) is 0 Å². The van der Waals surface area contributed by atoms with Crippen molar-refractivity contribution in [2.45, 2.75) is 13.3 Å². The third-order valence-corrected chi connectivity index (χ3v) is 2.79. The molecule has 1 aromatic heterocycles. The Bertz CT molecular complexity index is 615. The van der Waals surface area contributed by atoms with E-state index in [1.165, 1.54) is 7.05 Å². The van der Waals surface area contributed by atoms with Crippen LogP contribution in [0.4, 0.5) is 0 Å². The van der Waals surface area contributed by atoms with Crippen molar-refractivity contribution < 1.29 is 18.7 Å². The van der Waals surface area contributed by atoms with Crippen molar-refractivity contribution in [2.24, 2.45) is 0 Å². The van der Waals surface area contributed by atoms with Gasteiger partial charge in [-0.05, 0) is 18.6 Å². The molecule has 2 rings (SSSR count). The number of aryl methyl sites for hydroxylation is 1. The van der Waals surface area contributed by atoms with Crippen LogP contribution in [0, 0.1) is 6.92 Å². The Hall–Kier alpha value is -2.30. The van der Waals surface area contributed by atoms with E-state index >= 15 is 0 Å². The van der Waals surface area contributed by atoms with Gasteiger partial charge in [0.1, 0.15) is 5.58 Å². The Morgan fingerprint density at radius 2 is 2.16 bits per heavy atom. The second kappa shape index (κ2) is 5.56. The Morgan fingerprint density at radius 1 is 1.37 bits per heavy atom. The predicted molar refractivity (Wildman–Crippen MR) is 69.7 cm³/mol. The van der Waals surface area contributed by atoms with E-state index in [0.29, 0.717) is 0 Å². The van der Waals surface area contributed by atoms with Gasteiger partial charge in [-0.3, -0.25) is 9.59 Å². The first kappa shape index (κ1) is 13.1. The van der Waals surface area contributed by atoms with Crippen LogP contribution in [0.2, 0.25) is 0 Å². The van der Waals surface area contributed by atoms with Gasteiger partial charge in [-0.25, -0.2) is 0 Å². The first-order valence-corrected chi connectivity index (χ1v) is 5.93. The number of furan rings is 1. The maximum absolute atomic E-state index is 11.6. The van der Waals surface area contributed by atoms with E-state index in [9.17, 15) is 9.59 Å². The molecule has 0 aliphatic heterocycles. The van der Waals surface area contributed by atoms with Gasteiger partial charge in [-0.1, -0.05) is 12.1 Å². The number of carbonyl (C=O) groups is 2. The lowest BCUT2D eigenvalue weighted by atomic mass is 10.1. The molecule has 0 unspecified atom stereocenters. The summed E-state index contributed by atoms with van der Waals surface area (Å²) in [5.41, 5.74) is 2.60. The molecule has 0 radical (unpaired) electrons. The Balaban J connectivity index is 2.05. The summed E-state index contributed by atoms with van der Waals surface area (Å²) in [6, 6.07) is 5.78. The predicted octanol–water partition coefficient (Wildman–Crippen LogP) is 1.57. The molecule has 0 atom stereocenters. The van der Waals surface area contributed by atoms with Crippen molar-refractivity contribution in [3.8, 4) is 0 Å². The summed E-state index contributed by atoms with van der Waals surface area (Å²) in [4.78, 5) is 22.6. The van der Waals surface area contributed by atoms with Gasteiger partial charge in [0.2, 0.25) is 0 Å². The molecule has 5 nitrogen and oxygen atoms in total. The van der Waals surface area contributed by atoms with Crippen LogP contribution in [0.1, 0.15) is 11.1 Å². The summed E-state index contributed by atoms with van der Waals surface area (Å²) in [6.07, 6.45) is 1.64. The van der Waals surface area contributed by atoms with E-state index < -0.39 is 5.97 Å². The fourth-order valence-corrected chi connectivity index (χ4v) is 1.75. The quantitative estimate of drug-likeness (QED) is 0.848. The van der Waals surface area contributed by atoms with Gasteiger partial charge >= 0.3 is 5.97 Å². The van der Waals surface area contributed by atoms with E-state index in [1.807, 2.05) is 25.1 Å². The zero-order valence-corrected chi connectivity index (χ0v) is 10.9. The Labute approximate surface area is 110 Å². The van der Waals surface area contributed by atoms with Crippen LogP contribution in [-0.2, 0) is 20.7 Å². The SMILES string of the molecule is CNC(=O)COC(=O)Cc1coc2cc(C)ccc12. The van der Waals surface area contributed by atoms with Crippen LogP contribution in [0.3, 0.4) is 0 Å². The maximum Gasteiger partial charge on any atom is 0.310 e. The van der Waals surface area contributed by atoms with Crippen LogP contribution >= 0.6 is 0 Å². The minimum Gasteiger partial charge on any atom is -0.464 e. The highest BCUT2D eigenvalue weighted by Gasteiger charge is 2.12. The minimum absolute atomic E-state index is 0.0903. The molecule has 0 bridgehead atoms. The number of esters is 1. The van der Waals surface area contributed by atoms with Crippen molar-refractivity contribution in [1.82, 2.24) is 5.32 Å². The summed E-state index contributed by atoms with van der Waals surface area (Å²) >= 11 is 0. The first-order valence-electron chi connectivity index (χ1n) is 5.93. The van der Waals surface area contributed by atoms with Crippen molar-refractivity contribution >= 4 is 22.8 Å². The number of amides is 1. The van der Waals surface area contributed by atoms with Crippen LogP contribution in [0.15, 0.2) is 28.9 Å². The van der Waals surface area contributed by atoms with E-state index in [2.05, 4.69) is 5.32 Å². The van der Waals surface area contributed by atoms with Gasteiger partial charge in [0.25, 0.3) is 5.91 Å². The van der Waals surface area contributed by atoms with Gasteiger partial charge in [0, 0.05) is 18.0 Å². The third kappa shape index (κ3) is 3.13. The monoisotopic (exact) mass is 261 g/mol. The number of hydrogen-bond donors (Lipinski definition) is 1. The standard InChI is InChI=1S/C14H15NO4/c1-9-3-4-11-10(7-18-12(11)5-9)6-14(17)19-8-13(16)15-2/h3-5,7H,6,8H2,1-2H3,(H,15,16). The first-order chi connectivity index (χ1) is 9.10. The molecule has 2 aromatic rings. The van der Waals surface area contributed by atoms with E-state index in [4.69, 9.17) is 9.15 Å². The smallest absolute Gasteiger partial charge is 0.310 e. The molecule has 0 aliphatic rings. The molecule has 100 valence electrons. The molecule has 1 heterocycles. The number of fused-ring (bicyclic) bond motifs is 1. The molecule has 0 fully saturated rings. The highest BCUT2D eigenvalue weighted by molar-refractivity contribution is 5.87. The van der Waals surface area contributed by atoms with Crippen molar-refractivity contribution in [3.63, 3.8) is 0 Å². The second-order valence-electron chi connectivity index (χ2n) is 4.27. The van der Waals surface area contributed by atoms with Crippen LogP contribution in [-0.4, -0.2) is 25.5 Å². The van der Waals surface area contributed by atoms with Gasteiger partial charge < -0.3 is 14.5 Å². The lowest BCUT2D eigenvalue weighted by Gasteiger charge is -2.02. The fourth-order valence-electron chi connectivity index (χ4n) is 1.75. The largest absolute Gasteiger partial charge is 0.464 e. The number of carbonyl (C=O) groups excluding carboxylic acids is 2. The lowest BCUT2D eigenvalue weighted by Crippen LogP contribution is -2.25. The summed E-state index contributed by atoms with van der Waals surface area (Å²) in [5, 5.41) is 3.27. The van der Waals surface area contributed by atoms with Crippen LogP contribution in [0.25, 0.3) is 11.0 Å². The topological polar surface area (TPSA) is 68.5 Å². The number of benzene rings is 1. The van der Waals surface area contributed by atoms with Crippen molar-refractivity contribution in [3.05, 3.63) is 35.6 Å². The van der Waals surface area contributed by atoms with Gasteiger partial charge in [-0.2, -0.15) is 0 Å². The zero-order chi connectivity index (χ0) is 13.8. The number of ether oxygens (including phenoxy) is 1. The average Bonchev–Trinajstić information content (AvgIpc) is 2.78. The molecule has 1 amide bonds. The van der Waals surface area contributed by atoms with Gasteiger partial charge in [-0.15, -0.1) is 0 Å². The van der Waals surface area contributed by atoms with E-state index in [-0.39, 0.29) is 18.9 Å². The molecule has 0 saturated carbocycles. The fraction of sp³-hybridized carbons (Fsp3) is 0.286. The average molecular weight is 261 g/mol. The van der Waals surface area contributed by atoms with E-state index in [0.717, 1.165) is 22.1 Å². The summed E-state index contributed by atoms with van der Waals surface area (Å²) in [6.45, 7) is 1.71. The number of nitrogens with one attached hydrogen (secondary N) is 1.